The van der Waals surface area contributed by atoms with Gasteiger partial charge in [-0.05, 0) is 26.0 Å². The van der Waals surface area contributed by atoms with Gasteiger partial charge in [0.05, 0.1) is 10.2 Å². The molecule has 0 aliphatic carbocycles. The van der Waals surface area contributed by atoms with Crippen molar-refractivity contribution in [2.24, 2.45) is 0 Å². The summed E-state index contributed by atoms with van der Waals surface area (Å²) in [7, 11) is 0. The lowest BCUT2D eigenvalue weighted by Crippen LogP contribution is -2.34. The van der Waals surface area contributed by atoms with Gasteiger partial charge in [0, 0.05) is 19.5 Å². The largest absolute Gasteiger partial charge is 0.480 e. The molecule has 0 bridgehead atoms. The number of aromatic nitrogens is 1. The zero-order valence-corrected chi connectivity index (χ0v) is 14.1. The van der Waals surface area contributed by atoms with Crippen LogP contribution in [0.1, 0.15) is 20.3 Å². The molecule has 0 aliphatic heterocycles. The van der Waals surface area contributed by atoms with Crippen molar-refractivity contribution in [1.29, 1.82) is 0 Å². The van der Waals surface area contributed by atoms with E-state index in [1.54, 1.807) is 4.90 Å². The number of rotatable bonds is 7. The number of carboxylic acid groups (broad SMARTS) is 1. The third-order valence-electron chi connectivity index (χ3n) is 3.27. The molecule has 7 heteroatoms. The number of carbonyl (C=O) groups is 2. The smallest absolute Gasteiger partial charge is 0.317 e. The Labute approximate surface area is 137 Å². The summed E-state index contributed by atoms with van der Waals surface area (Å²) < 4.78 is 1.70. The fourth-order valence-corrected chi connectivity index (χ4v) is 4.29. The normalized spacial score (nSPS) is 12.3. The summed E-state index contributed by atoms with van der Waals surface area (Å²) in [5.74, 6) is -1.12. The topological polar surface area (TPSA) is 70.5 Å². The lowest BCUT2D eigenvalue weighted by molar-refractivity contribution is -0.140. The maximum Gasteiger partial charge on any atom is 0.317 e. The van der Waals surface area contributed by atoms with Gasteiger partial charge in [-0.15, -0.1) is 11.3 Å². The zero-order valence-electron chi connectivity index (χ0n) is 12.5. The van der Waals surface area contributed by atoms with Crippen molar-refractivity contribution in [2.45, 2.75) is 29.9 Å². The van der Waals surface area contributed by atoms with Crippen molar-refractivity contribution in [3.63, 3.8) is 0 Å². The minimum absolute atomic E-state index is 0.0163. The van der Waals surface area contributed by atoms with E-state index in [0.717, 1.165) is 22.0 Å². The fraction of sp³-hybridized carbons (Fsp3) is 0.400. The molecule has 5 nitrogen and oxygen atoms in total. The van der Waals surface area contributed by atoms with E-state index < -0.39 is 11.2 Å². The molecule has 1 unspecified atom stereocenters. The number of hydrogen-bond acceptors (Lipinski definition) is 5. The Kier molecular flexibility index (Phi) is 5.79. The first-order valence-electron chi connectivity index (χ1n) is 7.08. The van der Waals surface area contributed by atoms with Crippen molar-refractivity contribution >= 4 is 45.2 Å². The van der Waals surface area contributed by atoms with Crippen LogP contribution < -0.4 is 0 Å². The van der Waals surface area contributed by atoms with Gasteiger partial charge in [-0.25, -0.2) is 4.98 Å². The van der Waals surface area contributed by atoms with Gasteiger partial charge in [-0.3, -0.25) is 9.59 Å². The van der Waals surface area contributed by atoms with Gasteiger partial charge in [0.25, 0.3) is 0 Å². The Morgan fingerprint density at radius 1 is 1.32 bits per heavy atom. The molecule has 1 heterocycles. The van der Waals surface area contributed by atoms with Crippen LogP contribution in [-0.2, 0) is 9.59 Å². The molecule has 1 N–H and O–H groups in total. The summed E-state index contributed by atoms with van der Waals surface area (Å²) in [6, 6.07) is 7.67. The average Bonchev–Trinajstić information content (AvgIpc) is 2.90. The molecule has 0 saturated heterocycles. The zero-order chi connectivity index (χ0) is 16.1. The van der Waals surface area contributed by atoms with Gasteiger partial charge in [-0.2, -0.15) is 0 Å². The van der Waals surface area contributed by atoms with Crippen LogP contribution in [0.3, 0.4) is 0 Å². The standard InChI is InChI=1S/C15H18N2O3S2/c1-3-17(4-2)13(18)9-12(14(19)20)22-15-16-10-7-5-6-8-11(10)21-15/h5-8,12H,3-4,9H2,1-2H3,(H,19,20). The molecule has 118 valence electrons. The highest BCUT2D eigenvalue weighted by Crippen LogP contribution is 2.33. The van der Waals surface area contributed by atoms with Crippen LogP contribution in [0.5, 0.6) is 0 Å². The summed E-state index contributed by atoms with van der Waals surface area (Å²) >= 11 is 2.60. The van der Waals surface area contributed by atoms with Crippen LogP contribution in [-0.4, -0.2) is 45.2 Å². The molecule has 2 rings (SSSR count). The van der Waals surface area contributed by atoms with Crippen LogP contribution in [0, 0.1) is 0 Å². The summed E-state index contributed by atoms with van der Waals surface area (Å²) in [6.45, 7) is 4.96. The lowest BCUT2D eigenvalue weighted by atomic mass is 10.2. The minimum atomic E-state index is -0.982. The van der Waals surface area contributed by atoms with Crippen LogP contribution in [0.15, 0.2) is 28.6 Å². The number of fused-ring (bicyclic) bond motifs is 1. The predicted molar refractivity (Wildman–Crippen MR) is 89.4 cm³/mol. The molecule has 0 saturated carbocycles. The average molecular weight is 338 g/mol. The molecule has 1 atom stereocenters. The first-order chi connectivity index (χ1) is 10.5. The summed E-state index contributed by atoms with van der Waals surface area (Å²) in [5.41, 5.74) is 0.856. The number of carboxylic acids is 1. The van der Waals surface area contributed by atoms with Crippen LogP contribution in [0.2, 0.25) is 0 Å². The number of para-hydroxylation sites is 1. The van der Waals surface area contributed by atoms with Gasteiger partial charge in [0.1, 0.15) is 5.25 Å². The van der Waals surface area contributed by atoms with E-state index in [1.165, 1.54) is 11.3 Å². The highest BCUT2D eigenvalue weighted by Gasteiger charge is 2.26. The van der Waals surface area contributed by atoms with Gasteiger partial charge in [-0.1, -0.05) is 23.9 Å². The number of nitrogens with zero attached hydrogens (tertiary/aromatic N) is 2. The molecule has 22 heavy (non-hydrogen) atoms. The van der Waals surface area contributed by atoms with Crippen molar-refractivity contribution in [1.82, 2.24) is 9.88 Å². The molecule has 1 aromatic carbocycles. The number of carbonyl (C=O) groups excluding carboxylic acids is 1. The van der Waals surface area contributed by atoms with Gasteiger partial charge in [0.2, 0.25) is 5.91 Å². The summed E-state index contributed by atoms with van der Waals surface area (Å²) in [4.78, 5) is 29.6. The van der Waals surface area contributed by atoms with Crippen LogP contribution >= 0.6 is 23.1 Å². The number of amides is 1. The van der Waals surface area contributed by atoms with E-state index in [0.29, 0.717) is 17.4 Å². The van der Waals surface area contributed by atoms with Crippen LogP contribution in [0.25, 0.3) is 10.2 Å². The van der Waals surface area contributed by atoms with Crippen molar-refractivity contribution < 1.29 is 14.7 Å². The Morgan fingerprint density at radius 2 is 2.00 bits per heavy atom. The van der Waals surface area contributed by atoms with Crippen molar-refractivity contribution in [2.75, 3.05) is 13.1 Å². The van der Waals surface area contributed by atoms with Gasteiger partial charge < -0.3 is 10.0 Å². The molecule has 0 aliphatic rings. The third-order valence-corrected chi connectivity index (χ3v) is 5.58. The number of hydrogen-bond donors (Lipinski definition) is 1. The second-order valence-electron chi connectivity index (χ2n) is 4.66. The van der Waals surface area contributed by atoms with Gasteiger partial charge >= 0.3 is 5.97 Å². The van der Waals surface area contributed by atoms with Crippen molar-refractivity contribution in [3.8, 4) is 0 Å². The molecule has 0 fully saturated rings. The SMILES string of the molecule is CCN(CC)C(=O)CC(Sc1nc2ccccc2s1)C(=O)O. The maximum absolute atomic E-state index is 12.1. The van der Waals surface area contributed by atoms with E-state index in [-0.39, 0.29) is 12.3 Å². The second kappa shape index (κ2) is 7.60. The van der Waals surface area contributed by atoms with E-state index in [2.05, 4.69) is 4.98 Å². The number of benzene rings is 1. The highest BCUT2D eigenvalue weighted by atomic mass is 32.2. The van der Waals surface area contributed by atoms with E-state index in [1.807, 2.05) is 38.1 Å². The molecule has 1 amide bonds. The lowest BCUT2D eigenvalue weighted by Gasteiger charge is -2.20. The monoisotopic (exact) mass is 338 g/mol. The van der Waals surface area contributed by atoms with Gasteiger partial charge in [0.15, 0.2) is 4.34 Å². The van der Waals surface area contributed by atoms with E-state index in [9.17, 15) is 14.7 Å². The molecule has 0 spiro atoms. The molecular weight excluding hydrogens is 320 g/mol. The Balaban J connectivity index is 2.11. The Morgan fingerprint density at radius 3 is 2.59 bits per heavy atom. The molecular formula is C15H18N2O3S2. The predicted octanol–water partition coefficient (Wildman–Crippen LogP) is 3.10. The van der Waals surface area contributed by atoms with E-state index in [4.69, 9.17) is 0 Å². The summed E-state index contributed by atoms with van der Waals surface area (Å²) in [6.07, 6.45) is -0.0163. The van der Waals surface area contributed by atoms with E-state index >= 15 is 0 Å². The fourth-order valence-electron chi connectivity index (χ4n) is 2.07. The third kappa shape index (κ3) is 3.98. The number of aliphatic carboxylic acids is 1. The Bertz CT molecular complexity index is 635. The quantitative estimate of drug-likeness (QED) is 0.786. The summed E-state index contributed by atoms with van der Waals surface area (Å²) in [5, 5.41) is 8.56. The van der Waals surface area contributed by atoms with Crippen LogP contribution in [0.4, 0.5) is 0 Å². The molecule has 0 radical (unpaired) electrons. The number of thioether (sulfide) groups is 1. The maximum atomic E-state index is 12.1. The highest BCUT2D eigenvalue weighted by molar-refractivity contribution is 8.02. The Hall–Kier alpha value is -1.60. The number of thiazole rings is 1. The molecule has 1 aromatic heterocycles. The minimum Gasteiger partial charge on any atom is -0.480 e. The first-order valence-corrected chi connectivity index (χ1v) is 8.77. The first kappa shape index (κ1) is 16.8. The second-order valence-corrected chi connectivity index (χ2v) is 7.14. The molecule has 2 aromatic rings. The van der Waals surface area contributed by atoms with Crippen molar-refractivity contribution in [3.05, 3.63) is 24.3 Å².